The zero-order valence-corrected chi connectivity index (χ0v) is 13.8. The van der Waals surface area contributed by atoms with Gasteiger partial charge in [-0.15, -0.1) is 0 Å². The SMILES string of the molecule is N#Cc1ncc(Nc2nn(C3CCCCC3C#N)cc2C(N)=O)cc1F. The maximum atomic E-state index is 13.7. The number of nitrogens with two attached hydrogens (primary N) is 1. The second-order valence-electron chi connectivity index (χ2n) is 6.11. The number of nitrogens with zero attached hydrogens (tertiary/aromatic N) is 5. The first-order valence-corrected chi connectivity index (χ1v) is 8.14. The molecule has 0 aromatic carbocycles. The van der Waals surface area contributed by atoms with Crippen LogP contribution in [-0.4, -0.2) is 20.7 Å². The van der Waals surface area contributed by atoms with Crippen LogP contribution in [0.5, 0.6) is 0 Å². The standard InChI is InChI=1S/C17H16FN7O/c18-13-5-11(8-22-14(13)7-20)23-17-12(16(21)26)9-25(24-17)15-4-2-1-3-10(15)6-19/h5,8-10,15H,1-4H2,(H2,21,26)(H,23,24). The van der Waals surface area contributed by atoms with Gasteiger partial charge in [-0.2, -0.15) is 15.6 Å². The van der Waals surface area contributed by atoms with Crippen LogP contribution >= 0.6 is 0 Å². The van der Waals surface area contributed by atoms with Gasteiger partial charge in [0.05, 0.1) is 29.9 Å². The number of nitrogens with one attached hydrogen (secondary N) is 1. The molecular formula is C17H16FN7O. The molecule has 2 heterocycles. The van der Waals surface area contributed by atoms with Crippen LogP contribution < -0.4 is 11.1 Å². The fourth-order valence-corrected chi connectivity index (χ4v) is 3.14. The number of pyridine rings is 1. The molecule has 2 aromatic heterocycles. The highest BCUT2D eigenvalue weighted by molar-refractivity contribution is 5.98. The predicted molar refractivity (Wildman–Crippen MR) is 89.5 cm³/mol. The van der Waals surface area contributed by atoms with Crippen molar-refractivity contribution in [1.29, 1.82) is 10.5 Å². The molecule has 0 spiro atoms. The van der Waals surface area contributed by atoms with Gasteiger partial charge in [0.1, 0.15) is 11.6 Å². The topological polar surface area (TPSA) is 133 Å². The minimum absolute atomic E-state index is 0.136. The number of halogens is 1. The molecule has 3 N–H and O–H groups in total. The number of rotatable bonds is 4. The molecule has 26 heavy (non-hydrogen) atoms. The van der Waals surface area contributed by atoms with E-state index in [0.717, 1.165) is 31.7 Å². The summed E-state index contributed by atoms with van der Waals surface area (Å²) in [5.41, 5.74) is 5.47. The van der Waals surface area contributed by atoms with E-state index in [-0.39, 0.29) is 34.7 Å². The van der Waals surface area contributed by atoms with E-state index in [1.54, 1.807) is 10.8 Å². The lowest BCUT2D eigenvalue weighted by molar-refractivity contribution is 0.100. The maximum absolute atomic E-state index is 13.7. The van der Waals surface area contributed by atoms with Crippen molar-refractivity contribution in [3.8, 4) is 12.1 Å². The van der Waals surface area contributed by atoms with Gasteiger partial charge in [-0.3, -0.25) is 9.48 Å². The van der Waals surface area contributed by atoms with Gasteiger partial charge in [-0.25, -0.2) is 9.37 Å². The summed E-state index contributed by atoms with van der Waals surface area (Å²) in [6.07, 6.45) is 6.30. The zero-order valence-electron chi connectivity index (χ0n) is 13.8. The highest BCUT2D eigenvalue weighted by Gasteiger charge is 2.29. The third-order valence-corrected chi connectivity index (χ3v) is 4.44. The van der Waals surface area contributed by atoms with Gasteiger partial charge in [0, 0.05) is 12.3 Å². The third kappa shape index (κ3) is 3.33. The van der Waals surface area contributed by atoms with E-state index in [4.69, 9.17) is 11.0 Å². The van der Waals surface area contributed by atoms with Crippen molar-refractivity contribution >= 4 is 17.4 Å². The Balaban J connectivity index is 1.93. The summed E-state index contributed by atoms with van der Waals surface area (Å²) in [6.45, 7) is 0. The van der Waals surface area contributed by atoms with Gasteiger partial charge in [0.25, 0.3) is 5.91 Å². The minimum Gasteiger partial charge on any atom is -0.365 e. The van der Waals surface area contributed by atoms with Crippen molar-refractivity contribution in [3.05, 3.63) is 35.5 Å². The molecule has 2 aromatic rings. The minimum atomic E-state index is -0.783. The zero-order chi connectivity index (χ0) is 18.7. The second-order valence-corrected chi connectivity index (χ2v) is 6.11. The fraction of sp³-hybridized carbons (Fsp3) is 0.353. The Bertz CT molecular complexity index is 924. The summed E-state index contributed by atoms with van der Waals surface area (Å²) < 4.78 is 15.3. The quantitative estimate of drug-likeness (QED) is 0.867. The fourth-order valence-electron chi connectivity index (χ4n) is 3.14. The summed E-state index contributed by atoms with van der Waals surface area (Å²) in [6, 6.07) is 4.88. The van der Waals surface area contributed by atoms with E-state index in [1.165, 1.54) is 12.4 Å². The highest BCUT2D eigenvalue weighted by atomic mass is 19.1. The van der Waals surface area contributed by atoms with Gasteiger partial charge in [0.2, 0.25) is 0 Å². The summed E-state index contributed by atoms with van der Waals surface area (Å²) in [7, 11) is 0. The van der Waals surface area contributed by atoms with E-state index >= 15 is 0 Å². The van der Waals surface area contributed by atoms with E-state index in [2.05, 4.69) is 21.5 Å². The Labute approximate surface area is 149 Å². The Morgan fingerprint density at radius 1 is 1.38 bits per heavy atom. The molecule has 0 bridgehead atoms. The van der Waals surface area contributed by atoms with Gasteiger partial charge >= 0.3 is 0 Å². The molecule has 3 rings (SSSR count). The molecule has 1 aliphatic rings. The number of anilines is 2. The molecule has 1 saturated carbocycles. The molecule has 8 nitrogen and oxygen atoms in total. The predicted octanol–water partition coefficient (Wildman–Crippen LogP) is 2.39. The molecule has 0 saturated heterocycles. The van der Waals surface area contributed by atoms with E-state index in [1.807, 2.05) is 0 Å². The summed E-state index contributed by atoms with van der Waals surface area (Å²) in [4.78, 5) is 15.5. The number of aromatic nitrogens is 3. The smallest absolute Gasteiger partial charge is 0.254 e. The van der Waals surface area contributed by atoms with Crippen LogP contribution in [0.2, 0.25) is 0 Å². The normalized spacial score (nSPS) is 19.3. The highest BCUT2D eigenvalue weighted by Crippen LogP contribution is 2.34. The molecule has 132 valence electrons. The molecule has 1 fully saturated rings. The lowest BCUT2D eigenvalue weighted by Gasteiger charge is -2.26. The summed E-state index contributed by atoms with van der Waals surface area (Å²) in [5.74, 6) is -1.50. The molecule has 0 radical (unpaired) electrons. The van der Waals surface area contributed by atoms with Crippen molar-refractivity contribution in [1.82, 2.24) is 14.8 Å². The summed E-state index contributed by atoms with van der Waals surface area (Å²) >= 11 is 0. The van der Waals surface area contributed by atoms with Crippen molar-refractivity contribution < 1.29 is 9.18 Å². The molecular weight excluding hydrogens is 337 g/mol. The Morgan fingerprint density at radius 3 is 2.81 bits per heavy atom. The lowest BCUT2D eigenvalue weighted by Crippen LogP contribution is -2.22. The van der Waals surface area contributed by atoms with Crippen molar-refractivity contribution in [2.75, 3.05) is 5.32 Å². The van der Waals surface area contributed by atoms with Crippen molar-refractivity contribution in [3.63, 3.8) is 0 Å². The Kier molecular flexibility index (Phi) is 4.81. The van der Waals surface area contributed by atoms with Crippen molar-refractivity contribution in [2.45, 2.75) is 31.7 Å². The van der Waals surface area contributed by atoms with Gasteiger partial charge < -0.3 is 11.1 Å². The van der Waals surface area contributed by atoms with Crippen LogP contribution in [-0.2, 0) is 0 Å². The van der Waals surface area contributed by atoms with Crippen LogP contribution in [0.3, 0.4) is 0 Å². The number of carbonyl (C=O) groups is 1. The van der Waals surface area contributed by atoms with E-state index < -0.39 is 11.7 Å². The average molecular weight is 353 g/mol. The van der Waals surface area contributed by atoms with E-state index in [9.17, 15) is 14.4 Å². The van der Waals surface area contributed by atoms with Gasteiger partial charge in [-0.05, 0) is 12.8 Å². The molecule has 1 aliphatic carbocycles. The van der Waals surface area contributed by atoms with Crippen LogP contribution in [0.1, 0.15) is 47.8 Å². The van der Waals surface area contributed by atoms with Crippen LogP contribution in [0.15, 0.2) is 18.5 Å². The summed E-state index contributed by atoms with van der Waals surface area (Å²) in [5, 5.41) is 25.3. The van der Waals surface area contributed by atoms with Crippen LogP contribution in [0.4, 0.5) is 15.9 Å². The van der Waals surface area contributed by atoms with Gasteiger partial charge in [-0.1, -0.05) is 12.8 Å². The molecule has 0 aliphatic heterocycles. The first-order valence-electron chi connectivity index (χ1n) is 8.14. The molecule has 1 amide bonds. The number of primary amides is 1. The molecule has 2 unspecified atom stereocenters. The second kappa shape index (κ2) is 7.19. The van der Waals surface area contributed by atoms with E-state index in [0.29, 0.717) is 0 Å². The van der Waals surface area contributed by atoms with Crippen LogP contribution in [0, 0.1) is 34.4 Å². The largest absolute Gasteiger partial charge is 0.365 e. The number of nitriles is 2. The first kappa shape index (κ1) is 17.4. The molecule has 2 atom stereocenters. The third-order valence-electron chi connectivity index (χ3n) is 4.44. The van der Waals surface area contributed by atoms with Gasteiger partial charge in [0.15, 0.2) is 17.3 Å². The Morgan fingerprint density at radius 2 is 2.15 bits per heavy atom. The average Bonchev–Trinajstić information content (AvgIpc) is 3.05. The monoisotopic (exact) mass is 353 g/mol. The first-order chi connectivity index (χ1) is 12.5. The number of hydrogen-bond donors (Lipinski definition) is 2. The number of amides is 1. The van der Waals surface area contributed by atoms with Crippen LogP contribution in [0.25, 0.3) is 0 Å². The number of hydrogen-bond acceptors (Lipinski definition) is 6. The molecule has 9 heteroatoms. The maximum Gasteiger partial charge on any atom is 0.254 e. The Hall–Kier alpha value is -3.46. The number of carbonyl (C=O) groups excluding carboxylic acids is 1. The lowest BCUT2D eigenvalue weighted by atomic mass is 9.85. The van der Waals surface area contributed by atoms with Crippen molar-refractivity contribution in [2.24, 2.45) is 11.7 Å².